The SMILES string of the molecule is CC(C)OC(=O)Nc1ccc(C(C)(C)C(=O)O)cc1. The van der Waals surface area contributed by atoms with Gasteiger partial charge < -0.3 is 9.84 Å². The summed E-state index contributed by atoms with van der Waals surface area (Å²) in [7, 11) is 0. The molecule has 0 radical (unpaired) electrons. The third kappa shape index (κ3) is 3.98. The highest BCUT2D eigenvalue weighted by Gasteiger charge is 2.29. The van der Waals surface area contributed by atoms with E-state index in [0.29, 0.717) is 11.3 Å². The number of nitrogens with one attached hydrogen (secondary N) is 1. The zero-order valence-electron chi connectivity index (χ0n) is 11.6. The van der Waals surface area contributed by atoms with Crippen molar-refractivity contribution >= 4 is 17.7 Å². The molecule has 2 N–H and O–H groups in total. The molecule has 1 aromatic rings. The van der Waals surface area contributed by atoms with Gasteiger partial charge in [0.05, 0.1) is 11.5 Å². The Hall–Kier alpha value is -2.04. The molecule has 0 bridgehead atoms. The summed E-state index contributed by atoms with van der Waals surface area (Å²) in [5, 5.41) is 11.7. The Morgan fingerprint density at radius 3 is 2.16 bits per heavy atom. The number of carbonyl (C=O) groups is 2. The van der Waals surface area contributed by atoms with Crippen LogP contribution >= 0.6 is 0 Å². The molecule has 5 nitrogen and oxygen atoms in total. The maximum Gasteiger partial charge on any atom is 0.411 e. The van der Waals surface area contributed by atoms with Crippen LogP contribution in [0.15, 0.2) is 24.3 Å². The lowest BCUT2D eigenvalue weighted by Crippen LogP contribution is -2.28. The van der Waals surface area contributed by atoms with E-state index in [1.54, 1.807) is 52.0 Å². The van der Waals surface area contributed by atoms with Crippen LogP contribution in [0.2, 0.25) is 0 Å². The summed E-state index contributed by atoms with van der Waals surface area (Å²) in [6.07, 6.45) is -0.717. The zero-order chi connectivity index (χ0) is 14.6. The molecule has 5 heteroatoms. The number of rotatable bonds is 4. The van der Waals surface area contributed by atoms with Crippen LogP contribution in [0.4, 0.5) is 10.5 Å². The van der Waals surface area contributed by atoms with Crippen LogP contribution in [0.25, 0.3) is 0 Å². The highest BCUT2D eigenvalue weighted by atomic mass is 16.6. The highest BCUT2D eigenvalue weighted by Crippen LogP contribution is 2.24. The van der Waals surface area contributed by atoms with Crippen molar-refractivity contribution in [1.82, 2.24) is 0 Å². The summed E-state index contributed by atoms with van der Waals surface area (Å²) in [6, 6.07) is 6.67. The van der Waals surface area contributed by atoms with Crippen LogP contribution in [-0.2, 0) is 14.9 Å². The number of benzene rings is 1. The smallest absolute Gasteiger partial charge is 0.411 e. The molecule has 0 spiro atoms. The number of amides is 1. The van der Waals surface area contributed by atoms with E-state index in [2.05, 4.69) is 5.32 Å². The molecule has 0 atom stereocenters. The largest absolute Gasteiger partial charge is 0.481 e. The van der Waals surface area contributed by atoms with Gasteiger partial charge in [-0.25, -0.2) is 4.79 Å². The molecule has 1 amide bonds. The van der Waals surface area contributed by atoms with Crippen molar-refractivity contribution in [1.29, 1.82) is 0 Å². The summed E-state index contributed by atoms with van der Waals surface area (Å²) in [5.41, 5.74) is 0.273. The van der Waals surface area contributed by atoms with Gasteiger partial charge in [0.15, 0.2) is 0 Å². The Labute approximate surface area is 112 Å². The number of anilines is 1. The van der Waals surface area contributed by atoms with Crippen LogP contribution in [-0.4, -0.2) is 23.3 Å². The Bertz CT molecular complexity index is 463. The van der Waals surface area contributed by atoms with Crippen molar-refractivity contribution in [2.75, 3.05) is 5.32 Å². The number of carboxylic acids is 1. The molecule has 104 valence electrons. The van der Waals surface area contributed by atoms with E-state index in [1.807, 2.05) is 0 Å². The number of hydrogen-bond donors (Lipinski definition) is 2. The summed E-state index contributed by atoms with van der Waals surface area (Å²) in [5.74, 6) is -0.896. The third-order valence-electron chi connectivity index (χ3n) is 2.73. The first-order valence-electron chi connectivity index (χ1n) is 6.05. The summed E-state index contributed by atoms with van der Waals surface area (Å²) in [6.45, 7) is 6.78. The van der Waals surface area contributed by atoms with Gasteiger partial charge >= 0.3 is 12.1 Å². The van der Waals surface area contributed by atoms with Gasteiger partial charge in [-0.15, -0.1) is 0 Å². The van der Waals surface area contributed by atoms with E-state index >= 15 is 0 Å². The Morgan fingerprint density at radius 2 is 1.74 bits per heavy atom. The van der Waals surface area contributed by atoms with Crippen molar-refractivity contribution < 1.29 is 19.4 Å². The minimum Gasteiger partial charge on any atom is -0.481 e. The number of aliphatic carboxylic acids is 1. The summed E-state index contributed by atoms with van der Waals surface area (Å²) >= 11 is 0. The molecule has 1 aromatic carbocycles. The maximum atomic E-state index is 11.4. The van der Waals surface area contributed by atoms with E-state index in [4.69, 9.17) is 9.84 Å². The van der Waals surface area contributed by atoms with Crippen molar-refractivity contribution in [2.24, 2.45) is 0 Å². The van der Waals surface area contributed by atoms with Crippen LogP contribution in [0.5, 0.6) is 0 Å². The third-order valence-corrected chi connectivity index (χ3v) is 2.73. The minimum atomic E-state index is -0.961. The summed E-state index contributed by atoms with van der Waals surface area (Å²) in [4.78, 5) is 22.5. The molecule has 0 saturated carbocycles. The van der Waals surface area contributed by atoms with Gasteiger partial charge in [0, 0.05) is 5.69 Å². The van der Waals surface area contributed by atoms with Crippen LogP contribution < -0.4 is 5.32 Å². The van der Waals surface area contributed by atoms with Crippen LogP contribution in [0.1, 0.15) is 33.3 Å². The second-order valence-corrected chi connectivity index (χ2v) is 5.09. The second kappa shape index (κ2) is 5.73. The van der Waals surface area contributed by atoms with Gasteiger partial charge in [0.2, 0.25) is 0 Å². The standard InChI is InChI=1S/C14H19NO4/c1-9(2)19-13(18)15-11-7-5-10(6-8-11)14(3,4)12(16)17/h5-9H,1-4H3,(H,15,18)(H,16,17). The van der Waals surface area contributed by atoms with E-state index in [1.165, 1.54) is 0 Å². The Kier molecular flexibility index (Phi) is 4.53. The average Bonchev–Trinajstić information content (AvgIpc) is 2.28. The molecular formula is C14H19NO4. The molecular weight excluding hydrogens is 246 g/mol. The van der Waals surface area contributed by atoms with E-state index in [0.717, 1.165) is 0 Å². The second-order valence-electron chi connectivity index (χ2n) is 5.09. The number of carbonyl (C=O) groups excluding carboxylic acids is 1. The highest BCUT2D eigenvalue weighted by molar-refractivity contribution is 5.85. The lowest BCUT2D eigenvalue weighted by atomic mass is 9.85. The maximum absolute atomic E-state index is 11.4. The van der Waals surface area contributed by atoms with E-state index in [-0.39, 0.29) is 6.10 Å². The van der Waals surface area contributed by atoms with Crippen LogP contribution in [0.3, 0.4) is 0 Å². The molecule has 0 saturated heterocycles. The first kappa shape index (κ1) is 15.0. The normalized spacial score (nSPS) is 11.2. The van der Waals surface area contributed by atoms with Crippen molar-refractivity contribution in [3.05, 3.63) is 29.8 Å². The zero-order valence-corrected chi connectivity index (χ0v) is 11.6. The van der Waals surface area contributed by atoms with Crippen molar-refractivity contribution in [2.45, 2.75) is 39.2 Å². The fourth-order valence-electron chi connectivity index (χ4n) is 1.46. The average molecular weight is 265 g/mol. The first-order chi connectivity index (χ1) is 8.73. The van der Waals surface area contributed by atoms with Gasteiger partial charge in [-0.05, 0) is 45.4 Å². The Balaban J connectivity index is 2.77. The Morgan fingerprint density at radius 1 is 1.21 bits per heavy atom. The molecule has 1 rings (SSSR count). The number of hydrogen-bond acceptors (Lipinski definition) is 3. The minimum absolute atomic E-state index is 0.190. The molecule has 0 fully saturated rings. The molecule has 0 unspecified atom stereocenters. The number of ether oxygens (including phenoxy) is 1. The quantitative estimate of drug-likeness (QED) is 0.877. The topological polar surface area (TPSA) is 75.6 Å². The molecule has 19 heavy (non-hydrogen) atoms. The van der Waals surface area contributed by atoms with Gasteiger partial charge in [0.25, 0.3) is 0 Å². The fraction of sp³-hybridized carbons (Fsp3) is 0.429. The summed E-state index contributed by atoms with van der Waals surface area (Å²) < 4.78 is 4.95. The predicted molar refractivity (Wildman–Crippen MR) is 72.3 cm³/mol. The molecule has 0 aliphatic rings. The van der Waals surface area contributed by atoms with Gasteiger partial charge in [-0.2, -0.15) is 0 Å². The molecule has 0 heterocycles. The molecule has 0 aliphatic carbocycles. The lowest BCUT2D eigenvalue weighted by Gasteiger charge is -2.20. The van der Waals surface area contributed by atoms with Gasteiger partial charge in [-0.3, -0.25) is 10.1 Å². The van der Waals surface area contributed by atoms with Gasteiger partial charge in [-0.1, -0.05) is 12.1 Å². The number of carboxylic acid groups (broad SMARTS) is 1. The van der Waals surface area contributed by atoms with Crippen molar-refractivity contribution in [3.8, 4) is 0 Å². The monoisotopic (exact) mass is 265 g/mol. The van der Waals surface area contributed by atoms with Crippen LogP contribution in [0, 0.1) is 0 Å². The van der Waals surface area contributed by atoms with Crippen molar-refractivity contribution in [3.63, 3.8) is 0 Å². The fourth-order valence-corrected chi connectivity index (χ4v) is 1.46. The molecule has 0 aliphatic heterocycles. The van der Waals surface area contributed by atoms with E-state index < -0.39 is 17.5 Å². The molecule has 0 aromatic heterocycles. The predicted octanol–water partition coefficient (Wildman–Crippen LogP) is 3.01. The lowest BCUT2D eigenvalue weighted by molar-refractivity contribution is -0.142. The van der Waals surface area contributed by atoms with Gasteiger partial charge in [0.1, 0.15) is 0 Å². The first-order valence-corrected chi connectivity index (χ1v) is 6.05. The van der Waals surface area contributed by atoms with E-state index in [9.17, 15) is 9.59 Å².